The van der Waals surface area contributed by atoms with E-state index < -0.39 is 32.0 Å². The van der Waals surface area contributed by atoms with E-state index in [9.17, 15) is 21.6 Å². The largest absolute Gasteiger partial charge is 0.497 e. The molecule has 0 aliphatic heterocycles. The molecule has 174 valence electrons. The van der Waals surface area contributed by atoms with Crippen LogP contribution < -0.4 is 19.9 Å². The summed E-state index contributed by atoms with van der Waals surface area (Å²) < 4.78 is 56.2. The van der Waals surface area contributed by atoms with Crippen molar-refractivity contribution in [2.24, 2.45) is 5.14 Å². The van der Waals surface area contributed by atoms with E-state index in [0.717, 1.165) is 5.56 Å². The van der Waals surface area contributed by atoms with Crippen LogP contribution in [0.5, 0.6) is 5.75 Å². The number of rotatable bonds is 9. The van der Waals surface area contributed by atoms with Crippen LogP contribution in [0.4, 0.5) is 5.69 Å². The normalized spacial score (nSPS) is 12.7. The number of carbonyl (C=O) groups is 1. The van der Waals surface area contributed by atoms with Crippen LogP contribution in [0.25, 0.3) is 0 Å². The standard InChI is InChI=1S/C22H23N3O6S2/c1-31-18-9-13-20(14-10-18)33(29,30)25-21(15-16-5-3-2-4-6-16)22(26)24-17-7-11-19(12-8-17)32(23,27)28/h2-14,21,25H,15H2,1H3,(H,24,26)(H2,23,27,28). The maximum Gasteiger partial charge on any atom is 0.242 e. The molecule has 3 rings (SSSR count). The van der Waals surface area contributed by atoms with Crippen LogP contribution in [0.2, 0.25) is 0 Å². The lowest BCUT2D eigenvalue weighted by atomic mass is 10.1. The van der Waals surface area contributed by atoms with E-state index in [1.807, 2.05) is 6.07 Å². The van der Waals surface area contributed by atoms with E-state index in [4.69, 9.17) is 9.88 Å². The van der Waals surface area contributed by atoms with E-state index in [0.29, 0.717) is 5.75 Å². The Hall–Kier alpha value is -3.25. The molecular weight excluding hydrogens is 466 g/mol. The SMILES string of the molecule is COc1ccc(S(=O)(=O)NC(Cc2ccccc2)C(=O)Nc2ccc(S(N)(=O)=O)cc2)cc1. The first-order chi connectivity index (χ1) is 15.6. The Kier molecular flexibility index (Phi) is 7.49. The van der Waals surface area contributed by atoms with Crippen molar-refractivity contribution in [1.82, 2.24) is 4.72 Å². The molecule has 3 aromatic rings. The van der Waals surface area contributed by atoms with Gasteiger partial charge in [-0.2, -0.15) is 4.72 Å². The zero-order valence-corrected chi connectivity index (χ0v) is 19.3. The highest BCUT2D eigenvalue weighted by Gasteiger charge is 2.26. The molecule has 1 unspecified atom stereocenters. The molecule has 0 heterocycles. The van der Waals surface area contributed by atoms with E-state index in [1.54, 1.807) is 24.3 Å². The molecule has 0 saturated heterocycles. The molecule has 0 fully saturated rings. The fourth-order valence-corrected chi connectivity index (χ4v) is 4.72. The number of benzene rings is 3. The molecule has 33 heavy (non-hydrogen) atoms. The summed E-state index contributed by atoms with van der Waals surface area (Å²) in [4.78, 5) is 12.9. The van der Waals surface area contributed by atoms with E-state index in [-0.39, 0.29) is 21.9 Å². The van der Waals surface area contributed by atoms with Gasteiger partial charge in [0.15, 0.2) is 0 Å². The summed E-state index contributed by atoms with van der Waals surface area (Å²) in [5.74, 6) is -0.116. The van der Waals surface area contributed by atoms with Gasteiger partial charge in [-0.15, -0.1) is 0 Å². The maximum atomic E-state index is 13.0. The summed E-state index contributed by atoms with van der Waals surface area (Å²) in [5.41, 5.74) is 1.04. The molecule has 0 radical (unpaired) electrons. The summed E-state index contributed by atoms with van der Waals surface area (Å²) in [7, 11) is -6.44. The fraction of sp³-hybridized carbons (Fsp3) is 0.136. The molecule has 11 heteroatoms. The molecule has 9 nitrogen and oxygen atoms in total. The summed E-state index contributed by atoms with van der Waals surface area (Å²) in [5, 5.41) is 7.70. The minimum Gasteiger partial charge on any atom is -0.497 e. The molecular formula is C22H23N3O6S2. The van der Waals surface area contributed by atoms with Gasteiger partial charge in [-0.05, 0) is 60.5 Å². The number of amides is 1. The van der Waals surface area contributed by atoms with Gasteiger partial charge >= 0.3 is 0 Å². The van der Waals surface area contributed by atoms with Crippen molar-refractivity contribution in [3.63, 3.8) is 0 Å². The predicted octanol–water partition coefficient (Wildman–Crippen LogP) is 1.87. The Morgan fingerprint density at radius 3 is 2.00 bits per heavy atom. The van der Waals surface area contributed by atoms with Crippen LogP contribution in [0.3, 0.4) is 0 Å². The Bertz CT molecular complexity index is 1310. The van der Waals surface area contributed by atoms with Gasteiger partial charge < -0.3 is 10.1 Å². The van der Waals surface area contributed by atoms with E-state index in [1.165, 1.54) is 55.6 Å². The average molecular weight is 490 g/mol. The van der Waals surface area contributed by atoms with Crippen LogP contribution in [-0.4, -0.2) is 35.9 Å². The van der Waals surface area contributed by atoms with Gasteiger partial charge in [0.25, 0.3) is 0 Å². The first kappa shape index (κ1) is 24.4. The molecule has 0 aromatic heterocycles. The third kappa shape index (κ3) is 6.62. The number of primary sulfonamides is 1. The van der Waals surface area contributed by atoms with Gasteiger partial charge in [-0.3, -0.25) is 4.79 Å². The van der Waals surface area contributed by atoms with E-state index >= 15 is 0 Å². The van der Waals surface area contributed by atoms with Crippen LogP contribution in [0.15, 0.2) is 88.7 Å². The number of hydrogen-bond donors (Lipinski definition) is 3. The molecule has 4 N–H and O–H groups in total. The minimum atomic E-state index is -4.03. The highest BCUT2D eigenvalue weighted by Crippen LogP contribution is 2.18. The summed E-state index contributed by atoms with van der Waals surface area (Å²) in [6.45, 7) is 0. The second-order valence-corrected chi connectivity index (χ2v) is 10.4. The first-order valence-electron chi connectivity index (χ1n) is 9.72. The lowest BCUT2D eigenvalue weighted by Gasteiger charge is -2.19. The van der Waals surface area contributed by atoms with Crippen molar-refractivity contribution >= 4 is 31.6 Å². The highest BCUT2D eigenvalue weighted by atomic mass is 32.2. The second-order valence-electron chi connectivity index (χ2n) is 7.10. The van der Waals surface area contributed by atoms with Crippen molar-refractivity contribution in [2.45, 2.75) is 22.3 Å². The number of ether oxygens (including phenoxy) is 1. The minimum absolute atomic E-state index is 0.0216. The monoisotopic (exact) mass is 489 g/mol. The van der Waals surface area contributed by atoms with Crippen molar-refractivity contribution < 1.29 is 26.4 Å². The lowest BCUT2D eigenvalue weighted by molar-refractivity contribution is -0.117. The molecule has 0 spiro atoms. The molecule has 0 aliphatic rings. The Morgan fingerprint density at radius 2 is 1.45 bits per heavy atom. The number of carbonyl (C=O) groups excluding carboxylic acids is 1. The van der Waals surface area contributed by atoms with Crippen molar-refractivity contribution in [1.29, 1.82) is 0 Å². The van der Waals surface area contributed by atoms with Gasteiger partial charge in [0.1, 0.15) is 11.8 Å². The van der Waals surface area contributed by atoms with Gasteiger partial charge in [-0.25, -0.2) is 22.0 Å². The number of hydrogen-bond acceptors (Lipinski definition) is 6. The quantitative estimate of drug-likeness (QED) is 0.418. The van der Waals surface area contributed by atoms with Gasteiger partial charge in [0.2, 0.25) is 26.0 Å². The van der Waals surface area contributed by atoms with Crippen molar-refractivity contribution in [3.05, 3.63) is 84.4 Å². The topological polar surface area (TPSA) is 145 Å². The van der Waals surface area contributed by atoms with Crippen molar-refractivity contribution in [3.8, 4) is 5.75 Å². The Labute approximate surface area is 192 Å². The number of methoxy groups -OCH3 is 1. The third-order valence-electron chi connectivity index (χ3n) is 4.72. The molecule has 0 aliphatic carbocycles. The summed E-state index contributed by atoms with van der Waals surface area (Å²) in [6.07, 6.45) is 0.0946. The Balaban J connectivity index is 1.84. The number of nitrogens with one attached hydrogen (secondary N) is 2. The van der Waals surface area contributed by atoms with Gasteiger partial charge in [-0.1, -0.05) is 30.3 Å². The lowest BCUT2D eigenvalue weighted by Crippen LogP contribution is -2.45. The van der Waals surface area contributed by atoms with Crippen LogP contribution in [0, 0.1) is 0 Å². The number of sulfonamides is 2. The number of nitrogens with two attached hydrogens (primary N) is 1. The summed E-state index contributed by atoms with van der Waals surface area (Å²) >= 11 is 0. The van der Waals surface area contributed by atoms with Crippen LogP contribution in [-0.2, 0) is 31.3 Å². The number of anilines is 1. The predicted molar refractivity (Wildman–Crippen MR) is 124 cm³/mol. The van der Waals surface area contributed by atoms with Crippen LogP contribution >= 0.6 is 0 Å². The van der Waals surface area contributed by atoms with Crippen molar-refractivity contribution in [2.75, 3.05) is 12.4 Å². The van der Waals surface area contributed by atoms with Gasteiger partial charge in [0, 0.05) is 5.69 Å². The fourth-order valence-electron chi connectivity index (χ4n) is 3.01. The second kappa shape index (κ2) is 10.1. The molecule has 0 bridgehead atoms. The highest BCUT2D eigenvalue weighted by molar-refractivity contribution is 7.89. The zero-order valence-electron chi connectivity index (χ0n) is 17.6. The molecule has 1 atom stereocenters. The average Bonchev–Trinajstić information content (AvgIpc) is 2.79. The van der Waals surface area contributed by atoms with E-state index in [2.05, 4.69) is 10.0 Å². The maximum absolute atomic E-state index is 13.0. The smallest absolute Gasteiger partial charge is 0.242 e. The Morgan fingerprint density at radius 1 is 0.879 bits per heavy atom. The molecule has 1 amide bonds. The zero-order chi connectivity index (χ0) is 24.1. The first-order valence-corrected chi connectivity index (χ1v) is 12.8. The van der Waals surface area contributed by atoms with Crippen LogP contribution in [0.1, 0.15) is 5.56 Å². The van der Waals surface area contributed by atoms with Gasteiger partial charge in [0.05, 0.1) is 16.9 Å². The molecule has 3 aromatic carbocycles. The summed E-state index contributed by atoms with van der Waals surface area (Å²) in [6, 6.07) is 18.8. The third-order valence-corrected chi connectivity index (χ3v) is 7.13. The molecule has 0 saturated carbocycles.